The Bertz CT molecular complexity index is 566. The maximum atomic E-state index is 12.4. The van der Waals surface area contributed by atoms with E-state index < -0.39 is 5.54 Å². The molecule has 1 aromatic rings. The van der Waals surface area contributed by atoms with E-state index in [1.807, 2.05) is 0 Å². The molecule has 0 spiro atoms. The highest BCUT2D eigenvalue weighted by molar-refractivity contribution is 5.99. The Balaban J connectivity index is 2.15. The van der Waals surface area contributed by atoms with E-state index in [0.717, 1.165) is 19.3 Å². The summed E-state index contributed by atoms with van der Waals surface area (Å²) in [5.41, 5.74) is 6.52. The van der Waals surface area contributed by atoms with Crippen molar-refractivity contribution in [3.8, 4) is 5.75 Å². The first kappa shape index (κ1) is 16.3. The molecular weight excluding hydrogens is 282 g/mol. The van der Waals surface area contributed by atoms with Crippen LogP contribution < -0.4 is 21.1 Å². The van der Waals surface area contributed by atoms with Gasteiger partial charge >= 0.3 is 0 Å². The minimum Gasteiger partial charge on any atom is -0.495 e. The van der Waals surface area contributed by atoms with Crippen LogP contribution in [0.4, 0.5) is 11.4 Å². The first-order valence-electron chi connectivity index (χ1n) is 7.50. The first-order valence-corrected chi connectivity index (χ1v) is 7.50. The molecule has 0 heterocycles. The lowest BCUT2D eigenvalue weighted by molar-refractivity contribution is -0.122. The van der Waals surface area contributed by atoms with Crippen LogP contribution in [0.1, 0.15) is 39.0 Å². The van der Waals surface area contributed by atoms with Crippen LogP contribution in [0.2, 0.25) is 0 Å². The van der Waals surface area contributed by atoms with Gasteiger partial charge in [0.1, 0.15) is 5.75 Å². The van der Waals surface area contributed by atoms with Crippen LogP contribution in [0, 0.1) is 0 Å². The highest BCUT2D eigenvalue weighted by Gasteiger charge is 2.35. The van der Waals surface area contributed by atoms with Crippen molar-refractivity contribution < 1.29 is 14.3 Å². The van der Waals surface area contributed by atoms with Crippen LogP contribution in [0.5, 0.6) is 5.75 Å². The zero-order valence-electron chi connectivity index (χ0n) is 13.1. The number of ether oxygens (including phenoxy) is 1. The molecule has 120 valence electrons. The Morgan fingerprint density at radius 2 is 1.86 bits per heavy atom. The number of anilines is 2. The highest BCUT2D eigenvalue weighted by atomic mass is 16.5. The van der Waals surface area contributed by atoms with Crippen molar-refractivity contribution in [1.29, 1.82) is 0 Å². The van der Waals surface area contributed by atoms with Gasteiger partial charge in [0.25, 0.3) is 0 Å². The number of hydrogen-bond donors (Lipinski definition) is 3. The number of nitrogens with two attached hydrogens (primary N) is 1. The number of hydrogen-bond acceptors (Lipinski definition) is 4. The van der Waals surface area contributed by atoms with Crippen molar-refractivity contribution in [1.82, 2.24) is 0 Å². The van der Waals surface area contributed by atoms with E-state index in [4.69, 9.17) is 10.5 Å². The van der Waals surface area contributed by atoms with E-state index in [2.05, 4.69) is 10.6 Å². The standard InChI is InChI=1S/C16H23N3O3/c1-11(20)18-13-10-12(6-7-14(13)22-2)19-15(21)16(17)8-4-3-5-9-16/h6-7,10H,3-5,8-9,17H2,1-2H3,(H,18,20)(H,19,21). The van der Waals surface area contributed by atoms with Gasteiger partial charge in [-0.2, -0.15) is 0 Å². The average Bonchev–Trinajstić information content (AvgIpc) is 2.47. The SMILES string of the molecule is COc1ccc(NC(=O)C2(N)CCCCC2)cc1NC(C)=O. The molecule has 0 unspecified atom stereocenters. The lowest BCUT2D eigenvalue weighted by atomic mass is 9.82. The molecule has 0 aliphatic heterocycles. The molecule has 1 aliphatic rings. The first-order chi connectivity index (χ1) is 10.4. The number of methoxy groups -OCH3 is 1. The zero-order chi connectivity index (χ0) is 16.2. The minimum atomic E-state index is -0.799. The lowest BCUT2D eigenvalue weighted by Crippen LogP contribution is -2.52. The van der Waals surface area contributed by atoms with Gasteiger partial charge in [0, 0.05) is 12.6 Å². The normalized spacial score (nSPS) is 16.7. The molecule has 1 fully saturated rings. The second kappa shape index (κ2) is 6.79. The van der Waals surface area contributed by atoms with E-state index in [1.165, 1.54) is 14.0 Å². The summed E-state index contributed by atoms with van der Waals surface area (Å²) in [5.74, 6) is 0.156. The monoisotopic (exact) mass is 305 g/mol. The topological polar surface area (TPSA) is 93.4 Å². The highest BCUT2D eigenvalue weighted by Crippen LogP contribution is 2.30. The predicted molar refractivity (Wildman–Crippen MR) is 85.9 cm³/mol. The molecule has 2 rings (SSSR count). The second-order valence-corrected chi connectivity index (χ2v) is 5.77. The van der Waals surface area contributed by atoms with Gasteiger partial charge in [-0.15, -0.1) is 0 Å². The number of nitrogens with one attached hydrogen (secondary N) is 2. The third-order valence-electron chi connectivity index (χ3n) is 3.97. The van der Waals surface area contributed by atoms with E-state index >= 15 is 0 Å². The summed E-state index contributed by atoms with van der Waals surface area (Å²) in [6.45, 7) is 1.42. The average molecular weight is 305 g/mol. The molecule has 22 heavy (non-hydrogen) atoms. The molecule has 4 N–H and O–H groups in total. The molecule has 1 saturated carbocycles. The van der Waals surface area contributed by atoms with Crippen molar-refractivity contribution in [3.63, 3.8) is 0 Å². The van der Waals surface area contributed by atoms with Crippen molar-refractivity contribution in [2.45, 2.75) is 44.6 Å². The Hall–Kier alpha value is -2.08. The summed E-state index contributed by atoms with van der Waals surface area (Å²) in [5, 5.41) is 5.53. The molecule has 1 aliphatic carbocycles. The number of amides is 2. The summed E-state index contributed by atoms with van der Waals surface area (Å²) in [4.78, 5) is 23.7. The maximum Gasteiger partial charge on any atom is 0.244 e. The van der Waals surface area contributed by atoms with E-state index in [9.17, 15) is 9.59 Å². The molecule has 0 saturated heterocycles. The van der Waals surface area contributed by atoms with E-state index in [-0.39, 0.29) is 11.8 Å². The largest absolute Gasteiger partial charge is 0.495 e. The second-order valence-electron chi connectivity index (χ2n) is 5.77. The molecule has 6 nitrogen and oxygen atoms in total. The predicted octanol–water partition coefficient (Wildman–Crippen LogP) is 2.25. The van der Waals surface area contributed by atoms with Gasteiger partial charge in [-0.1, -0.05) is 19.3 Å². The minimum absolute atomic E-state index is 0.175. The van der Waals surface area contributed by atoms with Crippen LogP contribution in [-0.2, 0) is 9.59 Å². The quantitative estimate of drug-likeness (QED) is 0.795. The summed E-state index contributed by atoms with van der Waals surface area (Å²) in [6.07, 6.45) is 4.48. The summed E-state index contributed by atoms with van der Waals surface area (Å²) < 4.78 is 5.19. The van der Waals surface area contributed by atoms with Gasteiger partial charge in [0.15, 0.2) is 0 Å². The van der Waals surface area contributed by atoms with Gasteiger partial charge < -0.3 is 21.1 Å². The molecule has 0 bridgehead atoms. The Labute approximate surface area is 130 Å². The number of carbonyl (C=O) groups excluding carboxylic acids is 2. The van der Waals surface area contributed by atoms with Crippen molar-refractivity contribution in [2.75, 3.05) is 17.7 Å². The Morgan fingerprint density at radius 1 is 1.18 bits per heavy atom. The smallest absolute Gasteiger partial charge is 0.244 e. The van der Waals surface area contributed by atoms with Crippen LogP contribution in [0.15, 0.2) is 18.2 Å². The van der Waals surface area contributed by atoms with Crippen LogP contribution in [0.25, 0.3) is 0 Å². The van der Waals surface area contributed by atoms with Crippen LogP contribution in [0.3, 0.4) is 0 Å². The summed E-state index contributed by atoms with van der Waals surface area (Å²) in [7, 11) is 1.52. The van der Waals surface area contributed by atoms with Crippen molar-refractivity contribution in [3.05, 3.63) is 18.2 Å². The fourth-order valence-electron chi connectivity index (χ4n) is 2.74. The molecule has 6 heteroatoms. The van der Waals surface area contributed by atoms with Gasteiger partial charge in [-0.25, -0.2) is 0 Å². The molecular formula is C16H23N3O3. The molecule has 1 aromatic carbocycles. The van der Waals surface area contributed by atoms with Gasteiger partial charge in [-0.05, 0) is 31.0 Å². The number of benzene rings is 1. The Kier molecular flexibility index (Phi) is 5.03. The lowest BCUT2D eigenvalue weighted by Gasteiger charge is -2.31. The fourth-order valence-corrected chi connectivity index (χ4v) is 2.74. The summed E-state index contributed by atoms with van der Waals surface area (Å²) >= 11 is 0. The fraction of sp³-hybridized carbons (Fsp3) is 0.500. The van der Waals surface area contributed by atoms with Crippen molar-refractivity contribution in [2.24, 2.45) is 5.73 Å². The van der Waals surface area contributed by atoms with Crippen molar-refractivity contribution >= 4 is 23.2 Å². The van der Waals surface area contributed by atoms with Crippen LogP contribution >= 0.6 is 0 Å². The third kappa shape index (κ3) is 3.76. The van der Waals surface area contributed by atoms with Crippen LogP contribution in [-0.4, -0.2) is 24.5 Å². The van der Waals surface area contributed by atoms with Gasteiger partial charge in [0.05, 0.1) is 18.3 Å². The molecule has 2 amide bonds. The molecule has 0 aromatic heterocycles. The van der Waals surface area contributed by atoms with Gasteiger partial charge in [0.2, 0.25) is 11.8 Å². The number of rotatable bonds is 4. The molecule has 0 radical (unpaired) electrons. The maximum absolute atomic E-state index is 12.4. The molecule has 0 atom stereocenters. The zero-order valence-corrected chi connectivity index (χ0v) is 13.1. The number of carbonyl (C=O) groups is 2. The van der Waals surface area contributed by atoms with Gasteiger partial charge in [-0.3, -0.25) is 9.59 Å². The third-order valence-corrected chi connectivity index (χ3v) is 3.97. The summed E-state index contributed by atoms with van der Waals surface area (Å²) in [6, 6.07) is 5.10. The van der Waals surface area contributed by atoms with E-state index in [1.54, 1.807) is 18.2 Å². The Morgan fingerprint density at radius 3 is 2.45 bits per heavy atom. The van der Waals surface area contributed by atoms with E-state index in [0.29, 0.717) is 30.0 Å².